The zero-order valence-electron chi connectivity index (χ0n) is 39.4. The van der Waals surface area contributed by atoms with E-state index in [-0.39, 0.29) is 12.1 Å². The Balaban J connectivity index is 0.963. The number of fused-ring (bicyclic) bond motifs is 7. The first kappa shape index (κ1) is 41.6. The summed E-state index contributed by atoms with van der Waals surface area (Å²) in [6.45, 7) is 15.7. The summed E-state index contributed by atoms with van der Waals surface area (Å²) in [5.74, 6) is 7.25. The molecular formula is C60H51BN4O3. The van der Waals surface area contributed by atoms with E-state index in [1.807, 2.05) is 36.7 Å². The molecule has 332 valence electrons. The summed E-state index contributed by atoms with van der Waals surface area (Å²) in [6.07, 6.45) is 5.89. The Morgan fingerprint density at radius 2 is 1.22 bits per heavy atom. The van der Waals surface area contributed by atoms with Gasteiger partial charge in [-0.25, -0.2) is 9.97 Å². The van der Waals surface area contributed by atoms with Gasteiger partial charge in [0.15, 0.2) is 0 Å². The Morgan fingerprint density at radius 1 is 0.544 bits per heavy atom. The Hall–Kier alpha value is -7.84. The summed E-state index contributed by atoms with van der Waals surface area (Å²) < 4.78 is 24.7. The molecule has 0 saturated heterocycles. The van der Waals surface area contributed by atoms with Crippen molar-refractivity contribution in [3.05, 3.63) is 187 Å². The van der Waals surface area contributed by atoms with Crippen LogP contribution in [0.4, 0.5) is 0 Å². The molecule has 2 aliphatic rings. The van der Waals surface area contributed by atoms with E-state index in [0.717, 1.165) is 101 Å². The Kier molecular flexibility index (Phi) is 9.73. The molecule has 0 atom stereocenters. The van der Waals surface area contributed by atoms with Crippen molar-refractivity contribution >= 4 is 44.9 Å². The van der Waals surface area contributed by atoms with Crippen molar-refractivity contribution in [3.63, 3.8) is 0 Å². The Bertz CT molecular complexity index is 3530. The lowest BCUT2D eigenvalue weighted by Crippen LogP contribution is -2.57. The van der Waals surface area contributed by atoms with Gasteiger partial charge in [0.05, 0.1) is 16.7 Å². The molecule has 7 aromatic carbocycles. The average molecular weight is 887 g/mol. The molecule has 0 saturated carbocycles. The number of pyridine rings is 1. The fourth-order valence-corrected chi connectivity index (χ4v) is 10.4. The molecule has 0 fully saturated rings. The topological polar surface area (TPSA) is 63.3 Å². The van der Waals surface area contributed by atoms with Crippen LogP contribution in [-0.2, 0) is 5.41 Å². The second-order valence-electron chi connectivity index (χ2n) is 19.8. The molecule has 2 aliphatic heterocycles. The van der Waals surface area contributed by atoms with Crippen LogP contribution < -0.4 is 30.6 Å². The highest BCUT2D eigenvalue weighted by molar-refractivity contribution is 6.98. The van der Waals surface area contributed by atoms with Crippen LogP contribution in [0.5, 0.6) is 34.5 Å². The van der Waals surface area contributed by atoms with Crippen molar-refractivity contribution in [1.29, 1.82) is 0 Å². The predicted molar refractivity (Wildman–Crippen MR) is 278 cm³/mol. The van der Waals surface area contributed by atoms with Crippen LogP contribution in [0.1, 0.15) is 77.0 Å². The van der Waals surface area contributed by atoms with Crippen molar-refractivity contribution in [1.82, 2.24) is 19.1 Å². The van der Waals surface area contributed by atoms with E-state index < -0.39 is 0 Å². The van der Waals surface area contributed by atoms with Crippen molar-refractivity contribution < 1.29 is 14.2 Å². The first-order valence-corrected chi connectivity index (χ1v) is 23.7. The molecule has 5 heterocycles. The fraction of sp³-hybridized carbons (Fsp3) is 0.167. The second-order valence-corrected chi connectivity index (χ2v) is 19.8. The fourth-order valence-electron chi connectivity index (χ4n) is 10.4. The predicted octanol–water partition coefficient (Wildman–Crippen LogP) is 13.8. The van der Waals surface area contributed by atoms with Gasteiger partial charge in [-0.15, -0.1) is 0 Å². The van der Waals surface area contributed by atoms with Crippen molar-refractivity contribution in [3.8, 4) is 68.5 Å². The molecule has 0 radical (unpaired) electrons. The summed E-state index contributed by atoms with van der Waals surface area (Å²) in [4.78, 5) is 9.91. The Labute approximate surface area is 397 Å². The lowest BCUT2D eigenvalue weighted by molar-refractivity contribution is 0.465. The van der Waals surface area contributed by atoms with Gasteiger partial charge in [-0.2, -0.15) is 0 Å². The van der Waals surface area contributed by atoms with Crippen molar-refractivity contribution in [2.75, 3.05) is 0 Å². The summed E-state index contributed by atoms with van der Waals surface area (Å²) >= 11 is 0. The number of imidazole rings is 1. The summed E-state index contributed by atoms with van der Waals surface area (Å²) in [5.41, 5.74) is 13.4. The standard InChI is InChI=1S/C60H51BN4O3/c1-36(2)44-16-13-17-45(37(3)4)58(44)64-29-28-63-59(64)39-14-12-15-42(30-39)66-43-23-24-46-47-31-38(22-25-50(47)65(51(46)35-43)56-34-41(26-27-62-56)60(5,6)7)40-32-54-57-55(33-40)68-53-21-11-9-19-49(53)61(57)48-18-8-10-20-52(48)67-54/h8-37H,1-7H3. The number of benzene rings is 7. The smallest absolute Gasteiger partial charge is 0.260 e. The molecule has 3 aromatic heterocycles. The van der Waals surface area contributed by atoms with Gasteiger partial charge in [0.25, 0.3) is 6.71 Å². The summed E-state index contributed by atoms with van der Waals surface area (Å²) in [6, 6.07) is 53.4. The number of hydrogen-bond acceptors (Lipinski definition) is 5. The number of para-hydroxylation sites is 3. The van der Waals surface area contributed by atoms with Crippen LogP contribution in [0.15, 0.2) is 170 Å². The summed E-state index contributed by atoms with van der Waals surface area (Å²) in [7, 11) is 0. The van der Waals surface area contributed by atoms with E-state index in [2.05, 4.69) is 191 Å². The highest BCUT2D eigenvalue weighted by Crippen LogP contribution is 2.42. The van der Waals surface area contributed by atoms with E-state index in [0.29, 0.717) is 11.8 Å². The number of ether oxygens (including phenoxy) is 3. The van der Waals surface area contributed by atoms with E-state index in [1.165, 1.54) is 22.4 Å². The van der Waals surface area contributed by atoms with Crippen molar-refractivity contribution in [2.45, 2.75) is 65.7 Å². The molecule has 0 unspecified atom stereocenters. The molecule has 0 amide bonds. The van der Waals surface area contributed by atoms with Crippen LogP contribution >= 0.6 is 0 Å². The Morgan fingerprint density at radius 3 is 1.91 bits per heavy atom. The monoisotopic (exact) mass is 886 g/mol. The van der Waals surface area contributed by atoms with Gasteiger partial charge < -0.3 is 14.2 Å². The van der Waals surface area contributed by atoms with Crippen LogP contribution in [0.3, 0.4) is 0 Å². The van der Waals surface area contributed by atoms with Crippen LogP contribution in [0.2, 0.25) is 0 Å². The van der Waals surface area contributed by atoms with E-state index in [4.69, 9.17) is 24.2 Å². The molecule has 8 heteroatoms. The van der Waals surface area contributed by atoms with E-state index >= 15 is 0 Å². The van der Waals surface area contributed by atoms with Gasteiger partial charge in [-0.05, 0) is 129 Å². The maximum absolute atomic E-state index is 6.80. The third-order valence-electron chi connectivity index (χ3n) is 13.8. The summed E-state index contributed by atoms with van der Waals surface area (Å²) in [5, 5.41) is 2.19. The third kappa shape index (κ3) is 6.88. The van der Waals surface area contributed by atoms with Crippen molar-refractivity contribution in [2.24, 2.45) is 0 Å². The molecule has 68 heavy (non-hydrogen) atoms. The minimum absolute atomic E-state index is 0.0213. The van der Waals surface area contributed by atoms with Gasteiger partial charge in [0.2, 0.25) is 0 Å². The zero-order valence-corrected chi connectivity index (χ0v) is 39.4. The van der Waals surface area contributed by atoms with Gasteiger partial charge in [0.1, 0.15) is 46.1 Å². The molecule has 0 spiro atoms. The second kappa shape index (κ2) is 15.9. The van der Waals surface area contributed by atoms with Crippen LogP contribution in [-0.4, -0.2) is 25.8 Å². The molecule has 10 aromatic rings. The number of hydrogen-bond donors (Lipinski definition) is 0. The number of nitrogens with zero attached hydrogens (tertiary/aromatic N) is 4. The first-order valence-electron chi connectivity index (χ1n) is 23.7. The molecule has 0 bridgehead atoms. The lowest BCUT2D eigenvalue weighted by Gasteiger charge is -2.33. The highest BCUT2D eigenvalue weighted by atomic mass is 16.5. The minimum atomic E-state index is -0.0677. The normalized spacial score (nSPS) is 12.8. The highest BCUT2D eigenvalue weighted by Gasteiger charge is 2.40. The quantitative estimate of drug-likeness (QED) is 0.142. The average Bonchev–Trinajstić information content (AvgIpc) is 3.96. The van der Waals surface area contributed by atoms with Crippen LogP contribution in [0, 0.1) is 0 Å². The lowest BCUT2D eigenvalue weighted by atomic mass is 9.35. The number of rotatable bonds is 8. The minimum Gasteiger partial charge on any atom is -0.458 e. The van der Waals surface area contributed by atoms with E-state index in [9.17, 15) is 0 Å². The zero-order chi connectivity index (χ0) is 46.4. The van der Waals surface area contributed by atoms with Gasteiger partial charge in [-0.3, -0.25) is 9.13 Å². The largest absolute Gasteiger partial charge is 0.458 e. The van der Waals surface area contributed by atoms with Crippen LogP contribution in [0.25, 0.3) is 55.8 Å². The van der Waals surface area contributed by atoms with Gasteiger partial charge in [-0.1, -0.05) is 121 Å². The van der Waals surface area contributed by atoms with Gasteiger partial charge in [0, 0.05) is 46.5 Å². The first-order chi connectivity index (χ1) is 33.0. The molecular weight excluding hydrogens is 835 g/mol. The SMILES string of the molecule is CC(C)c1cccc(C(C)C)c1-n1ccnc1-c1cccc(Oc2ccc3c4cc(-c5cc6c7c(c5)Oc5ccccc5B7c5ccccc5O6)ccc4n(-c4cc(C(C)(C)C)ccn4)c3c2)c1. The molecule has 12 rings (SSSR count). The maximum Gasteiger partial charge on any atom is 0.260 e. The number of aromatic nitrogens is 4. The van der Waals surface area contributed by atoms with E-state index in [1.54, 1.807) is 0 Å². The molecule has 7 nitrogen and oxygen atoms in total. The van der Waals surface area contributed by atoms with Gasteiger partial charge >= 0.3 is 0 Å². The maximum atomic E-state index is 6.80. The third-order valence-corrected chi connectivity index (χ3v) is 13.8. The molecule has 0 aliphatic carbocycles. The molecule has 0 N–H and O–H groups in total.